The molecular formula is C15H23NO. The number of carbonyl (C=O) groups is 1. The Hall–Kier alpha value is -1.15. The van der Waals surface area contributed by atoms with Gasteiger partial charge in [-0.05, 0) is 36.9 Å². The van der Waals surface area contributed by atoms with Crippen LogP contribution < -0.4 is 5.32 Å². The molecule has 1 aromatic carbocycles. The third-order valence-electron chi connectivity index (χ3n) is 3.58. The van der Waals surface area contributed by atoms with E-state index in [9.17, 15) is 4.79 Å². The quantitative estimate of drug-likeness (QED) is 0.846. The smallest absolute Gasteiger partial charge is 0.151 e. The van der Waals surface area contributed by atoms with Crippen LogP contribution in [0.3, 0.4) is 0 Å². The van der Waals surface area contributed by atoms with Crippen LogP contribution in [-0.2, 0) is 10.2 Å². The number of nitrogens with one attached hydrogen (secondary N) is 1. The molecule has 0 heterocycles. The predicted molar refractivity (Wildman–Crippen MR) is 72.2 cm³/mol. The number of rotatable bonds is 5. The molecule has 2 heteroatoms. The van der Waals surface area contributed by atoms with Crippen molar-refractivity contribution in [3.63, 3.8) is 0 Å². The van der Waals surface area contributed by atoms with E-state index in [-0.39, 0.29) is 17.2 Å². The summed E-state index contributed by atoms with van der Waals surface area (Å²) in [7, 11) is 1.84. The highest BCUT2D eigenvalue weighted by Crippen LogP contribution is 2.32. The maximum Gasteiger partial charge on any atom is 0.151 e. The number of carbonyl (C=O) groups excluding carboxylic acids is 1. The fourth-order valence-electron chi connectivity index (χ4n) is 2.13. The minimum atomic E-state index is -0.197. The fraction of sp³-hybridized carbons (Fsp3) is 0.533. The van der Waals surface area contributed by atoms with Gasteiger partial charge in [-0.25, -0.2) is 0 Å². The molecule has 0 radical (unpaired) electrons. The minimum absolute atomic E-state index is 0.0984. The Bertz CT molecular complexity index is 396. The van der Waals surface area contributed by atoms with Crippen molar-refractivity contribution in [2.24, 2.45) is 0 Å². The molecule has 0 bridgehead atoms. The summed E-state index contributed by atoms with van der Waals surface area (Å²) >= 11 is 0. The van der Waals surface area contributed by atoms with E-state index >= 15 is 0 Å². The average Bonchev–Trinajstić information content (AvgIpc) is 2.30. The zero-order valence-electron chi connectivity index (χ0n) is 11.5. The van der Waals surface area contributed by atoms with Crippen LogP contribution in [0.15, 0.2) is 24.3 Å². The van der Waals surface area contributed by atoms with Crippen molar-refractivity contribution in [1.29, 1.82) is 0 Å². The van der Waals surface area contributed by atoms with E-state index in [2.05, 4.69) is 38.2 Å². The Morgan fingerprint density at radius 3 is 2.41 bits per heavy atom. The third kappa shape index (κ3) is 2.95. The number of hydrogen-bond acceptors (Lipinski definition) is 2. The van der Waals surface area contributed by atoms with Gasteiger partial charge in [-0.15, -0.1) is 0 Å². The zero-order chi connectivity index (χ0) is 13.1. The molecule has 1 rings (SSSR count). The van der Waals surface area contributed by atoms with Gasteiger partial charge in [0.1, 0.15) is 0 Å². The van der Waals surface area contributed by atoms with E-state index in [4.69, 9.17) is 0 Å². The molecule has 1 N–H and O–H groups in total. The largest absolute Gasteiger partial charge is 0.307 e. The monoisotopic (exact) mass is 233 g/mol. The van der Waals surface area contributed by atoms with Crippen molar-refractivity contribution in [3.8, 4) is 0 Å². The van der Waals surface area contributed by atoms with Crippen molar-refractivity contribution < 1.29 is 4.79 Å². The summed E-state index contributed by atoms with van der Waals surface area (Å²) in [6.07, 6.45) is 1.05. The molecule has 0 amide bonds. The second-order valence-electron chi connectivity index (χ2n) is 5.16. The van der Waals surface area contributed by atoms with E-state index in [0.29, 0.717) is 0 Å². The highest BCUT2D eigenvalue weighted by Gasteiger charge is 2.25. The summed E-state index contributed by atoms with van der Waals surface area (Å²) in [5.41, 5.74) is 2.47. The lowest BCUT2D eigenvalue weighted by molar-refractivity contribution is -0.119. The van der Waals surface area contributed by atoms with Gasteiger partial charge < -0.3 is 5.32 Å². The Kier molecular flexibility index (Phi) is 4.47. The molecule has 17 heavy (non-hydrogen) atoms. The van der Waals surface area contributed by atoms with Crippen molar-refractivity contribution in [2.75, 3.05) is 7.05 Å². The van der Waals surface area contributed by atoms with Gasteiger partial charge >= 0.3 is 0 Å². The van der Waals surface area contributed by atoms with Crippen LogP contribution in [0, 0.1) is 0 Å². The van der Waals surface area contributed by atoms with Crippen LogP contribution in [0.1, 0.15) is 51.3 Å². The zero-order valence-corrected chi connectivity index (χ0v) is 11.5. The molecule has 0 saturated carbocycles. The first-order valence-corrected chi connectivity index (χ1v) is 6.21. The van der Waals surface area contributed by atoms with Crippen molar-refractivity contribution in [1.82, 2.24) is 5.32 Å². The molecule has 1 unspecified atom stereocenters. The molecule has 1 atom stereocenters. The normalized spacial score (nSPS) is 13.5. The minimum Gasteiger partial charge on any atom is -0.307 e. The molecule has 0 aromatic heterocycles. The molecule has 1 aromatic rings. The van der Waals surface area contributed by atoms with Gasteiger partial charge in [-0.3, -0.25) is 4.79 Å². The molecular weight excluding hydrogens is 210 g/mol. The van der Waals surface area contributed by atoms with E-state index in [0.717, 1.165) is 12.0 Å². The molecule has 0 fully saturated rings. The van der Waals surface area contributed by atoms with Crippen LogP contribution in [0.5, 0.6) is 0 Å². The Balaban J connectivity index is 3.29. The predicted octanol–water partition coefficient (Wildman–Crippen LogP) is 3.22. The van der Waals surface area contributed by atoms with Gasteiger partial charge in [-0.1, -0.05) is 45.0 Å². The van der Waals surface area contributed by atoms with Gasteiger partial charge in [0.05, 0.1) is 6.04 Å². The summed E-state index contributed by atoms with van der Waals surface area (Å²) in [4.78, 5) is 11.7. The molecule has 2 nitrogen and oxygen atoms in total. The molecule has 0 spiro atoms. The highest BCUT2D eigenvalue weighted by molar-refractivity contribution is 5.83. The molecule has 94 valence electrons. The van der Waals surface area contributed by atoms with Crippen molar-refractivity contribution >= 4 is 5.78 Å². The Labute approximate surface area is 104 Å². The first-order valence-electron chi connectivity index (χ1n) is 6.21. The average molecular weight is 233 g/mol. The van der Waals surface area contributed by atoms with Gasteiger partial charge in [-0.2, -0.15) is 0 Å². The summed E-state index contributed by atoms with van der Waals surface area (Å²) in [6, 6.07) is 8.03. The number of likely N-dealkylation sites (N-methyl/N-ethyl adjacent to an activating group) is 1. The van der Waals surface area contributed by atoms with Gasteiger partial charge in [0.25, 0.3) is 0 Å². The van der Waals surface area contributed by atoms with Crippen molar-refractivity contribution in [3.05, 3.63) is 35.4 Å². The van der Waals surface area contributed by atoms with Crippen LogP contribution in [0.25, 0.3) is 0 Å². The maximum atomic E-state index is 11.7. The molecule has 0 aliphatic heterocycles. The third-order valence-corrected chi connectivity index (χ3v) is 3.58. The lowest BCUT2D eigenvalue weighted by Gasteiger charge is -2.29. The van der Waals surface area contributed by atoms with Gasteiger partial charge in [0.2, 0.25) is 0 Å². The standard InChI is InChI=1S/C15H23NO/c1-6-15(3,4)13-10-8-7-9-12(13)14(16-5)11(2)17/h7-10,14,16H,6H2,1-5H3. The first kappa shape index (κ1) is 13.9. The highest BCUT2D eigenvalue weighted by atomic mass is 16.1. The number of benzene rings is 1. The lowest BCUT2D eigenvalue weighted by atomic mass is 9.78. The van der Waals surface area contributed by atoms with E-state index in [1.54, 1.807) is 6.92 Å². The molecule has 0 aliphatic carbocycles. The number of Topliss-reactive ketones (excluding diaryl/α,β-unsaturated/α-hetero) is 1. The fourth-order valence-corrected chi connectivity index (χ4v) is 2.13. The van der Waals surface area contributed by atoms with Crippen LogP contribution in [0.2, 0.25) is 0 Å². The summed E-state index contributed by atoms with van der Waals surface area (Å²) in [5.74, 6) is 0.159. The van der Waals surface area contributed by atoms with E-state index < -0.39 is 0 Å². The molecule has 0 saturated heterocycles. The summed E-state index contributed by atoms with van der Waals surface area (Å²) in [6.45, 7) is 8.26. The lowest BCUT2D eigenvalue weighted by Crippen LogP contribution is -2.28. The Morgan fingerprint density at radius 2 is 1.94 bits per heavy atom. The second-order valence-corrected chi connectivity index (χ2v) is 5.16. The van der Waals surface area contributed by atoms with Gasteiger partial charge in [0.15, 0.2) is 5.78 Å². The Morgan fingerprint density at radius 1 is 1.35 bits per heavy atom. The number of hydrogen-bond donors (Lipinski definition) is 1. The van der Waals surface area contributed by atoms with Gasteiger partial charge in [0, 0.05) is 0 Å². The van der Waals surface area contributed by atoms with Crippen LogP contribution >= 0.6 is 0 Å². The van der Waals surface area contributed by atoms with Crippen LogP contribution in [0.4, 0.5) is 0 Å². The summed E-state index contributed by atoms with van der Waals surface area (Å²) < 4.78 is 0. The topological polar surface area (TPSA) is 29.1 Å². The first-order chi connectivity index (χ1) is 7.94. The maximum absolute atomic E-state index is 11.7. The number of ketones is 1. The summed E-state index contributed by atoms with van der Waals surface area (Å²) in [5, 5.41) is 3.10. The second kappa shape index (κ2) is 5.46. The van der Waals surface area contributed by atoms with Crippen LogP contribution in [-0.4, -0.2) is 12.8 Å². The SMILES string of the molecule is CCC(C)(C)c1ccccc1C(NC)C(C)=O. The molecule has 0 aliphatic rings. The van der Waals surface area contributed by atoms with E-state index in [1.165, 1.54) is 5.56 Å². The van der Waals surface area contributed by atoms with Crippen molar-refractivity contribution in [2.45, 2.75) is 45.6 Å². The van der Waals surface area contributed by atoms with E-state index in [1.807, 2.05) is 19.2 Å².